The van der Waals surface area contributed by atoms with Crippen molar-refractivity contribution < 1.29 is 33.7 Å². The van der Waals surface area contributed by atoms with Gasteiger partial charge in [0.15, 0.2) is 11.6 Å². The van der Waals surface area contributed by atoms with Crippen molar-refractivity contribution >= 4 is 23.7 Å². The summed E-state index contributed by atoms with van der Waals surface area (Å²) in [5.74, 6) is -1.71. The van der Waals surface area contributed by atoms with E-state index in [2.05, 4.69) is 0 Å². The third-order valence-electron chi connectivity index (χ3n) is 1.89. The van der Waals surface area contributed by atoms with E-state index in [9.17, 15) is 8.78 Å². The van der Waals surface area contributed by atoms with Crippen molar-refractivity contribution in [1.82, 2.24) is 0 Å². The number of benzene rings is 2. The van der Waals surface area contributed by atoms with E-state index >= 15 is 0 Å². The SMILES string of the molecule is O=CO.O=CO.Oc1ccc2c(F)c(F)ccc2c1. The van der Waals surface area contributed by atoms with Crippen LogP contribution in [0.4, 0.5) is 8.78 Å². The van der Waals surface area contributed by atoms with Crippen LogP contribution in [0.3, 0.4) is 0 Å². The minimum atomic E-state index is -0.877. The number of hydrogen-bond acceptors (Lipinski definition) is 3. The quantitative estimate of drug-likeness (QED) is 0.639. The van der Waals surface area contributed by atoms with E-state index in [1.54, 1.807) is 0 Å². The van der Waals surface area contributed by atoms with Crippen molar-refractivity contribution in [3.63, 3.8) is 0 Å². The Labute approximate surface area is 106 Å². The van der Waals surface area contributed by atoms with Crippen LogP contribution in [-0.2, 0) is 9.59 Å². The number of fused-ring (bicyclic) bond motifs is 1. The molecule has 3 N–H and O–H groups in total. The third kappa shape index (κ3) is 4.99. The molecule has 0 aliphatic heterocycles. The Kier molecular flexibility index (Phi) is 7.21. The summed E-state index contributed by atoms with van der Waals surface area (Å²) in [4.78, 5) is 16.7. The van der Waals surface area contributed by atoms with E-state index < -0.39 is 11.6 Å². The van der Waals surface area contributed by atoms with Gasteiger partial charge in [-0.25, -0.2) is 8.78 Å². The van der Waals surface area contributed by atoms with Crippen LogP contribution in [0.2, 0.25) is 0 Å². The van der Waals surface area contributed by atoms with Crippen molar-refractivity contribution in [2.75, 3.05) is 0 Å². The van der Waals surface area contributed by atoms with Gasteiger partial charge in [-0.05, 0) is 29.7 Å². The Morgan fingerprint density at radius 1 is 0.947 bits per heavy atom. The molecule has 102 valence electrons. The molecular formula is C12H10F2O5. The molecule has 7 heteroatoms. The van der Waals surface area contributed by atoms with Crippen LogP contribution in [0.1, 0.15) is 0 Å². The lowest BCUT2D eigenvalue weighted by molar-refractivity contribution is -0.123. The van der Waals surface area contributed by atoms with Crippen LogP contribution in [-0.4, -0.2) is 28.3 Å². The highest BCUT2D eigenvalue weighted by Gasteiger charge is 2.06. The molecule has 0 aliphatic carbocycles. The number of phenolic OH excluding ortho intramolecular Hbond substituents is 1. The Bertz CT molecular complexity index is 551. The number of carboxylic acid groups (broad SMARTS) is 2. The third-order valence-corrected chi connectivity index (χ3v) is 1.89. The molecule has 2 aromatic rings. The molecule has 0 bridgehead atoms. The molecule has 0 unspecified atom stereocenters. The summed E-state index contributed by atoms with van der Waals surface area (Å²) in [5.41, 5.74) is 0. The minimum absolute atomic E-state index is 0.0403. The molecule has 0 amide bonds. The van der Waals surface area contributed by atoms with Gasteiger partial charge in [-0.3, -0.25) is 9.59 Å². The number of halogens is 2. The van der Waals surface area contributed by atoms with Gasteiger partial charge in [-0.2, -0.15) is 0 Å². The molecule has 19 heavy (non-hydrogen) atoms. The summed E-state index contributed by atoms with van der Waals surface area (Å²) in [6.45, 7) is -0.500. The highest BCUT2D eigenvalue weighted by atomic mass is 19.2. The Hall–Kier alpha value is -2.70. The second-order valence-electron chi connectivity index (χ2n) is 2.98. The Balaban J connectivity index is 0.000000465. The summed E-state index contributed by atoms with van der Waals surface area (Å²) in [6, 6.07) is 6.52. The first-order valence-corrected chi connectivity index (χ1v) is 4.74. The van der Waals surface area contributed by atoms with Gasteiger partial charge in [0.05, 0.1) is 0 Å². The molecule has 0 radical (unpaired) electrons. The maximum atomic E-state index is 13.1. The van der Waals surface area contributed by atoms with Gasteiger partial charge in [-0.1, -0.05) is 6.07 Å². The smallest absolute Gasteiger partial charge is 0.290 e. The van der Waals surface area contributed by atoms with Crippen LogP contribution in [0.25, 0.3) is 10.8 Å². The van der Waals surface area contributed by atoms with Crippen LogP contribution < -0.4 is 0 Å². The summed E-state index contributed by atoms with van der Waals surface area (Å²) in [7, 11) is 0. The number of carbonyl (C=O) groups is 2. The van der Waals surface area contributed by atoms with Crippen molar-refractivity contribution in [2.45, 2.75) is 0 Å². The lowest BCUT2D eigenvalue weighted by Crippen LogP contribution is -1.85. The van der Waals surface area contributed by atoms with Crippen molar-refractivity contribution in [3.05, 3.63) is 42.0 Å². The average Bonchev–Trinajstić information content (AvgIpc) is 2.36. The molecule has 0 saturated heterocycles. The molecule has 0 saturated carbocycles. The molecule has 0 fully saturated rings. The fourth-order valence-corrected chi connectivity index (χ4v) is 1.25. The van der Waals surface area contributed by atoms with Crippen LogP contribution >= 0.6 is 0 Å². The van der Waals surface area contributed by atoms with Gasteiger partial charge in [0.2, 0.25) is 0 Å². The molecule has 5 nitrogen and oxygen atoms in total. The van der Waals surface area contributed by atoms with Gasteiger partial charge in [-0.15, -0.1) is 0 Å². The average molecular weight is 272 g/mol. The van der Waals surface area contributed by atoms with Crippen molar-refractivity contribution in [3.8, 4) is 5.75 Å². The number of aromatic hydroxyl groups is 1. The van der Waals surface area contributed by atoms with Gasteiger partial charge in [0.1, 0.15) is 5.75 Å². The molecule has 0 atom stereocenters. The van der Waals surface area contributed by atoms with E-state index in [1.165, 1.54) is 24.3 Å². The van der Waals surface area contributed by atoms with Gasteiger partial charge < -0.3 is 15.3 Å². The molecule has 2 aromatic carbocycles. The zero-order valence-electron chi connectivity index (χ0n) is 9.46. The predicted molar refractivity (Wildman–Crippen MR) is 62.9 cm³/mol. The van der Waals surface area contributed by atoms with Crippen LogP contribution in [0.5, 0.6) is 5.75 Å². The first kappa shape index (κ1) is 16.3. The van der Waals surface area contributed by atoms with Gasteiger partial charge >= 0.3 is 0 Å². The fourth-order valence-electron chi connectivity index (χ4n) is 1.25. The minimum Gasteiger partial charge on any atom is -0.508 e. The molecule has 0 aromatic heterocycles. The van der Waals surface area contributed by atoms with E-state index in [-0.39, 0.29) is 24.1 Å². The first-order chi connectivity index (χ1) is 9.01. The standard InChI is InChI=1S/C10H6F2O.2CH2O2/c11-9-4-1-6-5-7(13)2-3-8(6)10(9)12;2*2-1-3/h1-5,13H;2*1H,(H,2,3). The van der Waals surface area contributed by atoms with E-state index in [0.717, 1.165) is 6.07 Å². The largest absolute Gasteiger partial charge is 0.508 e. The second kappa shape index (κ2) is 8.40. The zero-order chi connectivity index (χ0) is 14.8. The number of hydrogen-bond donors (Lipinski definition) is 3. The summed E-state index contributed by atoms with van der Waals surface area (Å²) < 4.78 is 25.8. The maximum Gasteiger partial charge on any atom is 0.290 e. The number of rotatable bonds is 0. The van der Waals surface area contributed by atoms with Crippen molar-refractivity contribution in [1.29, 1.82) is 0 Å². The van der Waals surface area contributed by atoms with Gasteiger partial charge in [0, 0.05) is 5.39 Å². The summed E-state index contributed by atoms with van der Waals surface area (Å²) >= 11 is 0. The molecular weight excluding hydrogens is 262 g/mol. The summed E-state index contributed by atoms with van der Waals surface area (Å²) in [6.07, 6.45) is 0. The molecule has 0 heterocycles. The summed E-state index contributed by atoms with van der Waals surface area (Å²) in [5, 5.41) is 23.5. The Morgan fingerprint density at radius 3 is 2.00 bits per heavy atom. The lowest BCUT2D eigenvalue weighted by atomic mass is 10.1. The molecule has 0 aliphatic rings. The normalized spacial score (nSPS) is 8.53. The second-order valence-corrected chi connectivity index (χ2v) is 2.98. The zero-order valence-corrected chi connectivity index (χ0v) is 9.46. The highest BCUT2D eigenvalue weighted by molar-refractivity contribution is 5.84. The molecule has 2 rings (SSSR count). The monoisotopic (exact) mass is 272 g/mol. The van der Waals surface area contributed by atoms with E-state index in [1.807, 2.05) is 0 Å². The van der Waals surface area contributed by atoms with Crippen LogP contribution in [0.15, 0.2) is 30.3 Å². The topological polar surface area (TPSA) is 94.8 Å². The first-order valence-electron chi connectivity index (χ1n) is 4.74. The Morgan fingerprint density at radius 2 is 1.47 bits per heavy atom. The van der Waals surface area contributed by atoms with E-state index in [0.29, 0.717) is 5.39 Å². The predicted octanol–water partition coefficient (Wildman–Crippen LogP) is 2.23. The van der Waals surface area contributed by atoms with Gasteiger partial charge in [0.25, 0.3) is 12.9 Å². The van der Waals surface area contributed by atoms with Crippen molar-refractivity contribution in [2.24, 2.45) is 0 Å². The van der Waals surface area contributed by atoms with Crippen LogP contribution in [0, 0.1) is 11.6 Å². The maximum absolute atomic E-state index is 13.1. The van der Waals surface area contributed by atoms with E-state index in [4.69, 9.17) is 24.9 Å². The number of phenols is 1. The lowest BCUT2D eigenvalue weighted by Gasteiger charge is -2.00. The molecule has 0 spiro atoms. The fraction of sp³-hybridized carbons (Fsp3) is 0. The highest BCUT2D eigenvalue weighted by Crippen LogP contribution is 2.23.